The summed E-state index contributed by atoms with van der Waals surface area (Å²) in [5.41, 5.74) is 0. The predicted molar refractivity (Wildman–Crippen MR) is 80.6 cm³/mol. The summed E-state index contributed by atoms with van der Waals surface area (Å²) >= 11 is 1.69. The van der Waals surface area contributed by atoms with Crippen molar-refractivity contribution in [1.29, 1.82) is 0 Å². The highest BCUT2D eigenvalue weighted by atomic mass is 32.2. The van der Waals surface area contributed by atoms with Gasteiger partial charge >= 0.3 is 5.97 Å². The molecule has 2 atom stereocenters. The average molecular weight is 295 g/mol. The predicted octanol–water partition coefficient (Wildman–Crippen LogP) is 2.48. The zero-order valence-corrected chi connectivity index (χ0v) is 12.9. The molecule has 0 fully saturated rings. The Balaban J connectivity index is 2.42. The number of hydrogen-bond donors (Lipinski definition) is 1. The van der Waals surface area contributed by atoms with Gasteiger partial charge in [0.15, 0.2) is 0 Å². The fourth-order valence-electron chi connectivity index (χ4n) is 1.74. The molecule has 1 N–H and O–H groups in total. The Morgan fingerprint density at radius 2 is 1.95 bits per heavy atom. The largest absolute Gasteiger partial charge is 0.468 e. The van der Waals surface area contributed by atoms with Gasteiger partial charge < -0.3 is 10.1 Å². The third-order valence-electron chi connectivity index (χ3n) is 2.85. The molecule has 0 saturated carbocycles. The number of hydrogen-bond acceptors (Lipinski definition) is 4. The normalized spacial score (nSPS) is 13.3. The van der Waals surface area contributed by atoms with Gasteiger partial charge in [0, 0.05) is 16.7 Å². The number of rotatable bonds is 7. The van der Waals surface area contributed by atoms with Crippen LogP contribution in [0.25, 0.3) is 0 Å². The minimum absolute atomic E-state index is 0.233. The standard InChI is InChI=1S/C15H21NO3S/c1-4-13(15(18)19-3)14(17)16-10-11(2)20-12-8-6-5-7-9-12/h5-9,11,13H,4,10H2,1-3H3,(H,16,17)/t11-,13-/m1/s1. The second-order valence-corrected chi connectivity index (χ2v) is 5.98. The number of benzene rings is 1. The monoisotopic (exact) mass is 295 g/mol. The number of thioether (sulfide) groups is 1. The molecule has 0 saturated heterocycles. The van der Waals surface area contributed by atoms with Crippen molar-refractivity contribution in [3.05, 3.63) is 30.3 Å². The highest BCUT2D eigenvalue weighted by molar-refractivity contribution is 8.00. The van der Waals surface area contributed by atoms with Gasteiger partial charge in [-0.2, -0.15) is 0 Å². The number of carbonyl (C=O) groups is 2. The molecule has 1 amide bonds. The van der Waals surface area contributed by atoms with E-state index in [0.717, 1.165) is 4.90 Å². The Morgan fingerprint density at radius 3 is 2.50 bits per heavy atom. The summed E-state index contributed by atoms with van der Waals surface area (Å²) in [4.78, 5) is 24.5. The first-order valence-electron chi connectivity index (χ1n) is 6.65. The lowest BCUT2D eigenvalue weighted by molar-refractivity contribution is -0.150. The molecule has 1 aromatic carbocycles. The fraction of sp³-hybridized carbons (Fsp3) is 0.467. The van der Waals surface area contributed by atoms with Crippen LogP contribution in [-0.2, 0) is 14.3 Å². The minimum Gasteiger partial charge on any atom is -0.468 e. The van der Waals surface area contributed by atoms with Crippen LogP contribution in [0.4, 0.5) is 0 Å². The van der Waals surface area contributed by atoms with Gasteiger partial charge in [-0.1, -0.05) is 32.0 Å². The highest BCUT2D eigenvalue weighted by Crippen LogP contribution is 2.22. The van der Waals surface area contributed by atoms with E-state index in [2.05, 4.69) is 10.1 Å². The molecule has 110 valence electrons. The number of ether oxygens (including phenoxy) is 1. The van der Waals surface area contributed by atoms with Crippen LogP contribution in [0.15, 0.2) is 35.2 Å². The van der Waals surface area contributed by atoms with Crippen molar-refractivity contribution in [2.45, 2.75) is 30.4 Å². The Morgan fingerprint density at radius 1 is 1.30 bits per heavy atom. The summed E-state index contributed by atoms with van der Waals surface area (Å²) in [6.07, 6.45) is 0.443. The van der Waals surface area contributed by atoms with Crippen molar-refractivity contribution in [2.24, 2.45) is 5.92 Å². The summed E-state index contributed by atoms with van der Waals surface area (Å²) in [5.74, 6) is -1.46. The zero-order chi connectivity index (χ0) is 15.0. The second kappa shape index (κ2) is 8.64. The van der Waals surface area contributed by atoms with E-state index >= 15 is 0 Å². The molecule has 20 heavy (non-hydrogen) atoms. The summed E-state index contributed by atoms with van der Waals surface area (Å²) < 4.78 is 4.62. The molecule has 0 unspecified atom stereocenters. The highest BCUT2D eigenvalue weighted by Gasteiger charge is 2.25. The van der Waals surface area contributed by atoms with Gasteiger partial charge in [0.2, 0.25) is 5.91 Å². The van der Waals surface area contributed by atoms with Crippen molar-refractivity contribution in [3.8, 4) is 0 Å². The van der Waals surface area contributed by atoms with Crippen LogP contribution in [0.2, 0.25) is 0 Å². The quantitative estimate of drug-likeness (QED) is 0.477. The number of nitrogens with one attached hydrogen (secondary N) is 1. The van der Waals surface area contributed by atoms with Crippen LogP contribution in [-0.4, -0.2) is 30.8 Å². The van der Waals surface area contributed by atoms with Gasteiger partial charge in [-0.3, -0.25) is 9.59 Å². The average Bonchev–Trinajstić information content (AvgIpc) is 2.46. The van der Waals surface area contributed by atoms with Gasteiger partial charge in [0.05, 0.1) is 7.11 Å². The molecule has 0 heterocycles. The van der Waals surface area contributed by atoms with Gasteiger partial charge in [0.25, 0.3) is 0 Å². The van der Waals surface area contributed by atoms with Gasteiger partial charge in [-0.25, -0.2) is 0 Å². The molecule has 0 radical (unpaired) electrons. The van der Waals surface area contributed by atoms with Crippen molar-refractivity contribution >= 4 is 23.6 Å². The van der Waals surface area contributed by atoms with Crippen LogP contribution in [0.1, 0.15) is 20.3 Å². The first-order valence-corrected chi connectivity index (χ1v) is 7.53. The summed E-state index contributed by atoms with van der Waals surface area (Å²) in [5, 5.41) is 3.04. The maximum Gasteiger partial charge on any atom is 0.318 e. The van der Waals surface area contributed by atoms with E-state index in [4.69, 9.17) is 0 Å². The van der Waals surface area contributed by atoms with Gasteiger partial charge in [0.1, 0.15) is 5.92 Å². The fourth-order valence-corrected chi connectivity index (χ4v) is 2.69. The maximum absolute atomic E-state index is 11.9. The molecule has 4 nitrogen and oxygen atoms in total. The number of esters is 1. The zero-order valence-electron chi connectivity index (χ0n) is 12.1. The third-order valence-corrected chi connectivity index (χ3v) is 3.97. The first-order chi connectivity index (χ1) is 9.58. The van der Waals surface area contributed by atoms with E-state index in [1.165, 1.54) is 7.11 Å². The van der Waals surface area contributed by atoms with Crippen LogP contribution < -0.4 is 5.32 Å². The van der Waals surface area contributed by atoms with E-state index in [1.54, 1.807) is 18.7 Å². The second-order valence-electron chi connectivity index (χ2n) is 4.47. The van der Waals surface area contributed by atoms with Crippen LogP contribution in [0, 0.1) is 5.92 Å². The van der Waals surface area contributed by atoms with Crippen LogP contribution >= 0.6 is 11.8 Å². The number of amides is 1. The lowest BCUT2D eigenvalue weighted by Crippen LogP contribution is -2.38. The molecule has 0 spiro atoms. The van der Waals surface area contributed by atoms with Crippen molar-refractivity contribution in [2.75, 3.05) is 13.7 Å². The van der Waals surface area contributed by atoms with Gasteiger partial charge in [-0.05, 0) is 18.6 Å². The van der Waals surface area contributed by atoms with Crippen molar-refractivity contribution in [3.63, 3.8) is 0 Å². The molecule has 0 aliphatic carbocycles. The van der Waals surface area contributed by atoms with E-state index < -0.39 is 11.9 Å². The van der Waals surface area contributed by atoms with Gasteiger partial charge in [-0.15, -0.1) is 11.8 Å². The number of methoxy groups -OCH3 is 1. The van der Waals surface area contributed by atoms with E-state index in [1.807, 2.05) is 37.3 Å². The Labute approximate surface area is 124 Å². The molecule has 1 aromatic rings. The van der Waals surface area contributed by atoms with Crippen molar-refractivity contribution < 1.29 is 14.3 Å². The Bertz CT molecular complexity index is 436. The maximum atomic E-state index is 11.9. The molecule has 5 heteroatoms. The number of carbonyl (C=O) groups excluding carboxylic acids is 2. The topological polar surface area (TPSA) is 55.4 Å². The Hall–Kier alpha value is -1.49. The van der Waals surface area contributed by atoms with Crippen LogP contribution in [0.3, 0.4) is 0 Å². The molecular formula is C15H21NO3S. The molecule has 0 bridgehead atoms. The molecule has 0 aliphatic heterocycles. The SMILES string of the molecule is CC[C@H](C(=O)NC[C@@H](C)Sc1ccccc1)C(=O)OC. The Kier molecular flexibility index (Phi) is 7.15. The van der Waals surface area contributed by atoms with E-state index in [-0.39, 0.29) is 11.2 Å². The lowest BCUT2D eigenvalue weighted by atomic mass is 10.1. The molecule has 0 aromatic heterocycles. The van der Waals surface area contributed by atoms with Crippen LogP contribution in [0.5, 0.6) is 0 Å². The molecule has 1 rings (SSSR count). The lowest BCUT2D eigenvalue weighted by Gasteiger charge is -2.16. The summed E-state index contributed by atoms with van der Waals surface area (Å²) in [7, 11) is 1.30. The summed E-state index contributed by atoms with van der Waals surface area (Å²) in [6, 6.07) is 10.0. The first kappa shape index (κ1) is 16.6. The smallest absolute Gasteiger partial charge is 0.318 e. The molecular weight excluding hydrogens is 274 g/mol. The van der Waals surface area contributed by atoms with E-state index in [0.29, 0.717) is 13.0 Å². The van der Waals surface area contributed by atoms with E-state index in [9.17, 15) is 9.59 Å². The summed E-state index contributed by atoms with van der Waals surface area (Å²) in [6.45, 7) is 4.35. The third kappa shape index (κ3) is 5.25. The molecule has 0 aliphatic rings. The van der Waals surface area contributed by atoms with Crippen molar-refractivity contribution in [1.82, 2.24) is 5.32 Å². The minimum atomic E-state index is -0.714.